The molecule has 0 heterocycles. The highest BCUT2D eigenvalue weighted by Crippen LogP contribution is 2.27. The molecule has 0 aliphatic heterocycles. The van der Waals surface area contributed by atoms with E-state index in [0.29, 0.717) is 23.6 Å². The molecule has 1 atom stereocenters. The quantitative estimate of drug-likeness (QED) is 0.877. The minimum atomic E-state index is -0.289. The number of halogens is 1. The first-order chi connectivity index (χ1) is 9.11. The van der Waals surface area contributed by atoms with Crippen molar-refractivity contribution in [2.75, 3.05) is 6.54 Å². The second kappa shape index (κ2) is 6.15. The van der Waals surface area contributed by atoms with E-state index in [4.69, 9.17) is 5.73 Å². The summed E-state index contributed by atoms with van der Waals surface area (Å²) in [5, 5.41) is 2.99. The molecule has 1 aliphatic rings. The van der Waals surface area contributed by atoms with Gasteiger partial charge in [0.1, 0.15) is 5.82 Å². The number of carbonyl (C=O) groups excluding carboxylic acids is 1. The van der Waals surface area contributed by atoms with E-state index in [1.165, 1.54) is 25.0 Å². The lowest BCUT2D eigenvalue weighted by atomic mass is 9.97. The highest BCUT2D eigenvalue weighted by Gasteiger charge is 2.25. The van der Waals surface area contributed by atoms with Gasteiger partial charge in [-0.2, -0.15) is 0 Å². The third-order valence-electron chi connectivity index (χ3n) is 3.96. The molecule has 2 rings (SSSR count). The smallest absolute Gasteiger partial charge is 0.251 e. The van der Waals surface area contributed by atoms with Gasteiger partial charge in [0.25, 0.3) is 5.91 Å². The van der Waals surface area contributed by atoms with Crippen LogP contribution >= 0.6 is 0 Å². The van der Waals surface area contributed by atoms with Gasteiger partial charge in [-0.15, -0.1) is 0 Å². The van der Waals surface area contributed by atoms with Crippen molar-refractivity contribution in [3.05, 3.63) is 35.1 Å². The van der Waals surface area contributed by atoms with Crippen molar-refractivity contribution < 1.29 is 9.18 Å². The second-order valence-corrected chi connectivity index (χ2v) is 5.32. The number of rotatable bonds is 4. The average Bonchev–Trinajstić information content (AvgIpc) is 2.92. The average molecular weight is 264 g/mol. The van der Waals surface area contributed by atoms with E-state index in [-0.39, 0.29) is 17.8 Å². The maximum absolute atomic E-state index is 13.2. The van der Waals surface area contributed by atoms with E-state index in [9.17, 15) is 9.18 Å². The molecule has 1 aromatic rings. The largest absolute Gasteiger partial charge is 0.348 e. The van der Waals surface area contributed by atoms with E-state index in [2.05, 4.69) is 5.32 Å². The van der Waals surface area contributed by atoms with Crippen LogP contribution in [0, 0.1) is 18.7 Å². The topological polar surface area (TPSA) is 55.1 Å². The van der Waals surface area contributed by atoms with Crippen molar-refractivity contribution in [2.45, 2.75) is 38.6 Å². The Morgan fingerprint density at radius 1 is 1.47 bits per heavy atom. The van der Waals surface area contributed by atoms with Crippen LogP contribution in [0.25, 0.3) is 0 Å². The number of carbonyl (C=O) groups is 1. The van der Waals surface area contributed by atoms with Crippen molar-refractivity contribution in [3.8, 4) is 0 Å². The fraction of sp³-hybridized carbons (Fsp3) is 0.533. The van der Waals surface area contributed by atoms with Crippen LogP contribution in [0.2, 0.25) is 0 Å². The molecule has 0 aromatic heterocycles. The maximum Gasteiger partial charge on any atom is 0.251 e. The first-order valence-electron chi connectivity index (χ1n) is 6.89. The summed E-state index contributed by atoms with van der Waals surface area (Å²) in [4.78, 5) is 12.1. The van der Waals surface area contributed by atoms with Crippen molar-refractivity contribution in [1.82, 2.24) is 5.32 Å². The van der Waals surface area contributed by atoms with Crippen molar-refractivity contribution in [3.63, 3.8) is 0 Å². The van der Waals surface area contributed by atoms with Gasteiger partial charge in [-0.05, 0) is 49.4 Å². The Bertz CT molecular complexity index is 455. The fourth-order valence-corrected chi connectivity index (χ4v) is 2.77. The summed E-state index contributed by atoms with van der Waals surface area (Å²) in [7, 11) is 0. The number of hydrogen-bond acceptors (Lipinski definition) is 2. The van der Waals surface area contributed by atoms with Crippen LogP contribution in [0.1, 0.15) is 41.6 Å². The zero-order valence-electron chi connectivity index (χ0n) is 11.3. The summed E-state index contributed by atoms with van der Waals surface area (Å²) in [6, 6.07) is 4.45. The molecule has 1 unspecified atom stereocenters. The highest BCUT2D eigenvalue weighted by atomic mass is 19.1. The van der Waals surface area contributed by atoms with Gasteiger partial charge in [0.15, 0.2) is 0 Å². The molecule has 104 valence electrons. The Morgan fingerprint density at radius 2 is 2.16 bits per heavy atom. The molecule has 1 aromatic carbocycles. The summed E-state index contributed by atoms with van der Waals surface area (Å²) < 4.78 is 13.2. The van der Waals surface area contributed by atoms with Crippen LogP contribution in [0.5, 0.6) is 0 Å². The Hall–Kier alpha value is -1.42. The number of aryl methyl sites for hydroxylation is 1. The zero-order valence-corrected chi connectivity index (χ0v) is 11.3. The Kier molecular flexibility index (Phi) is 4.53. The molecular formula is C15H21FN2O. The number of nitrogens with two attached hydrogens (primary N) is 1. The highest BCUT2D eigenvalue weighted by molar-refractivity contribution is 5.94. The number of benzene rings is 1. The van der Waals surface area contributed by atoms with Gasteiger partial charge in [-0.25, -0.2) is 4.39 Å². The fourth-order valence-electron chi connectivity index (χ4n) is 2.77. The summed E-state index contributed by atoms with van der Waals surface area (Å²) in [6.45, 7) is 2.11. The van der Waals surface area contributed by atoms with Gasteiger partial charge in [0, 0.05) is 18.2 Å². The number of amides is 1. The first kappa shape index (κ1) is 14.0. The Labute approximate surface area is 113 Å². The lowest BCUT2D eigenvalue weighted by Gasteiger charge is -2.23. The van der Waals surface area contributed by atoms with Crippen molar-refractivity contribution in [2.24, 2.45) is 11.7 Å². The zero-order chi connectivity index (χ0) is 13.8. The first-order valence-corrected chi connectivity index (χ1v) is 6.89. The van der Waals surface area contributed by atoms with Gasteiger partial charge >= 0.3 is 0 Å². The molecule has 4 heteroatoms. The predicted molar refractivity (Wildman–Crippen MR) is 73.4 cm³/mol. The molecule has 19 heavy (non-hydrogen) atoms. The van der Waals surface area contributed by atoms with E-state index in [0.717, 1.165) is 12.8 Å². The van der Waals surface area contributed by atoms with Gasteiger partial charge in [-0.3, -0.25) is 4.79 Å². The summed E-state index contributed by atoms with van der Waals surface area (Å²) in [5.74, 6) is 0.0312. The molecule has 1 saturated carbocycles. The third kappa shape index (κ3) is 3.32. The lowest BCUT2D eigenvalue weighted by molar-refractivity contribution is 0.0924. The predicted octanol–water partition coefficient (Wildman–Crippen LogP) is 2.38. The second-order valence-electron chi connectivity index (χ2n) is 5.32. The van der Waals surface area contributed by atoms with Crippen LogP contribution in [-0.4, -0.2) is 18.5 Å². The Morgan fingerprint density at radius 3 is 2.74 bits per heavy atom. The molecular weight excluding hydrogens is 243 g/mol. The van der Waals surface area contributed by atoms with E-state index < -0.39 is 0 Å². The number of hydrogen-bond donors (Lipinski definition) is 2. The molecule has 3 nitrogen and oxygen atoms in total. The maximum atomic E-state index is 13.2. The molecule has 1 fully saturated rings. The lowest BCUT2D eigenvalue weighted by Crippen LogP contribution is -2.44. The normalized spacial score (nSPS) is 17.4. The SMILES string of the molecule is Cc1cc(C(=O)NC(CN)C2CCCC2)ccc1F. The molecule has 0 bridgehead atoms. The number of nitrogens with one attached hydrogen (secondary N) is 1. The van der Waals surface area contributed by atoms with Crippen molar-refractivity contribution >= 4 is 5.91 Å². The summed E-state index contributed by atoms with van der Waals surface area (Å²) in [6.07, 6.45) is 4.69. The van der Waals surface area contributed by atoms with Gasteiger partial charge in [-0.1, -0.05) is 12.8 Å². The van der Waals surface area contributed by atoms with Crippen LogP contribution in [0.3, 0.4) is 0 Å². The molecule has 1 aliphatic carbocycles. The van der Waals surface area contributed by atoms with Gasteiger partial charge in [0.05, 0.1) is 0 Å². The molecule has 0 saturated heterocycles. The van der Waals surface area contributed by atoms with E-state index >= 15 is 0 Å². The monoisotopic (exact) mass is 264 g/mol. The summed E-state index contributed by atoms with van der Waals surface area (Å²) in [5.41, 5.74) is 6.74. The van der Waals surface area contributed by atoms with Crippen LogP contribution in [0.15, 0.2) is 18.2 Å². The van der Waals surface area contributed by atoms with Crippen LogP contribution < -0.4 is 11.1 Å². The molecule has 0 radical (unpaired) electrons. The van der Waals surface area contributed by atoms with Crippen LogP contribution in [0.4, 0.5) is 4.39 Å². The standard InChI is InChI=1S/C15H21FN2O/c1-10-8-12(6-7-13(10)16)15(19)18-14(9-17)11-4-2-3-5-11/h6-8,11,14H,2-5,9,17H2,1H3,(H,18,19). The summed E-state index contributed by atoms with van der Waals surface area (Å²) >= 11 is 0. The van der Waals surface area contributed by atoms with Gasteiger partial charge < -0.3 is 11.1 Å². The molecule has 1 amide bonds. The van der Waals surface area contributed by atoms with Crippen molar-refractivity contribution in [1.29, 1.82) is 0 Å². The van der Waals surface area contributed by atoms with E-state index in [1.807, 2.05) is 0 Å². The Balaban J connectivity index is 2.04. The third-order valence-corrected chi connectivity index (χ3v) is 3.96. The minimum absolute atomic E-state index is 0.0281. The van der Waals surface area contributed by atoms with Gasteiger partial charge in [0.2, 0.25) is 0 Å². The van der Waals surface area contributed by atoms with Crippen LogP contribution in [-0.2, 0) is 0 Å². The molecule has 0 spiro atoms. The van der Waals surface area contributed by atoms with E-state index in [1.54, 1.807) is 13.0 Å². The minimum Gasteiger partial charge on any atom is -0.348 e. The molecule has 3 N–H and O–H groups in total.